The van der Waals surface area contributed by atoms with E-state index in [9.17, 15) is 5.21 Å². The smallest absolute Gasteiger partial charge is 0.181 e. The lowest BCUT2D eigenvalue weighted by Gasteiger charge is -1.90. The Balaban J connectivity index is 3.60. The van der Waals surface area contributed by atoms with E-state index in [-0.39, 0.29) is 9.75 Å². The maximum absolute atomic E-state index is 10.8. The van der Waals surface area contributed by atoms with E-state index >= 15 is 0 Å². The van der Waals surface area contributed by atoms with Crippen molar-refractivity contribution in [2.24, 2.45) is 0 Å². The molecule has 0 bridgehead atoms. The zero-order valence-corrected chi connectivity index (χ0v) is 4.49. The van der Waals surface area contributed by atoms with E-state index < -0.39 is 24.4 Å². The first-order valence-corrected chi connectivity index (χ1v) is 2.20. The average Bonchev–Trinajstić information content (AvgIpc) is 2.08. The number of rotatable bonds is 0. The van der Waals surface area contributed by atoms with Gasteiger partial charge in [0.1, 0.15) is 2.74 Å². The molecule has 0 spiro atoms. The summed E-state index contributed by atoms with van der Waals surface area (Å²) < 4.78 is 28.0. The Kier molecular flexibility index (Phi) is 0.560. The van der Waals surface area contributed by atoms with Crippen LogP contribution in [0, 0.1) is 5.21 Å². The number of nitrogens with zero attached hydrogens (tertiary/aromatic N) is 1. The molecule has 0 unspecified atom stereocenters. The number of hydrogen-bond donors (Lipinski definition) is 0. The highest BCUT2D eigenvalue weighted by atomic mass is 35.5. The Bertz CT molecular complexity index is 238. The first kappa shape index (κ1) is 2.23. The molecule has 0 radical (unpaired) electrons. The van der Waals surface area contributed by atoms with Crippen LogP contribution >= 0.6 is 11.6 Å². The van der Waals surface area contributed by atoms with Crippen molar-refractivity contribution in [3.05, 3.63) is 34.7 Å². The average molecular weight is 134 g/mol. The van der Waals surface area contributed by atoms with Gasteiger partial charge in [0.15, 0.2) is 12.3 Å². The molecule has 0 aliphatic rings. The first-order chi connectivity index (χ1) is 5.46. The molecule has 1 rings (SSSR count). The normalized spacial score (nSPS) is 16.1. The summed E-state index contributed by atoms with van der Waals surface area (Å²) in [6, 6.07) is -1.04. The predicted molar refractivity (Wildman–Crippen MR) is 30.4 cm³/mol. The Morgan fingerprint density at radius 3 is 2.62 bits per heavy atom. The third kappa shape index (κ3) is 1.10. The van der Waals surface area contributed by atoms with Crippen LogP contribution in [-0.2, 0) is 0 Å². The van der Waals surface area contributed by atoms with Crippen molar-refractivity contribution < 1.29 is 10.2 Å². The van der Waals surface area contributed by atoms with Gasteiger partial charge >= 0.3 is 0 Å². The summed E-state index contributed by atoms with van der Waals surface area (Å²) in [5.74, 6) is 0. The molecule has 8 heavy (non-hydrogen) atoms. The van der Waals surface area contributed by atoms with Crippen molar-refractivity contribution in [3.8, 4) is 0 Å². The van der Waals surface area contributed by atoms with Crippen LogP contribution in [0.3, 0.4) is 0 Å². The second-order valence-corrected chi connectivity index (χ2v) is 1.46. The summed E-state index contributed by atoms with van der Waals surface area (Å²) in [7, 11) is 0. The molecular formula is C5H4ClNO. The molecule has 3 heteroatoms. The molecule has 0 aliphatic carbocycles. The van der Waals surface area contributed by atoms with Crippen LogP contribution in [0.1, 0.15) is 5.48 Å². The number of hydrogen-bond acceptors (Lipinski definition) is 1. The fraction of sp³-hybridized carbons (Fsp3) is 0. The van der Waals surface area contributed by atoms with E-state index in [4.69, 9.17) is 17.1 Å². The van der Waals surface area contributed by atoms with Crippen molar-refractivity contribution >= 4 is 11.6 Å². The van der Waals surface area contributed by atoms with Crippen molar-refractivity contribution in [2.45, 2.75) is 0 Å². The van der Waals surface area contributed by atoms with Gasteiger partial charge in [0.2, 0.25) is 0 Å². The monoisotopic (exact) mass is 133 g/mol. The zero-order chi connectivity index (χ0) is 9.46. The van der Waals surface area contributed by atoms with E-state index in [2.05, 4.69) is 0 Å². The SMILES string of the molecule is [2H]c1c(Cl)c([2H])c([2H])[n+]([O-])c1[2H]. The molecule has 0 saturated carbocycles. The molecule has 1 aromatic heterocycles. The molecule has 0 aliphatic heterocycles. The highest BCUT2D eigenvalue weighted by molar-refractivity contribution is 6.30. The largest absolute Gasteiger partial charge is 0.619 e. The van der Waals surface area contributed by atoms with Crippen molar-refractivity contribution in [2.75, 3.05) is 0 Å². The van der Waals surface area contributed by atoms with Crippen LogP contribution < -0.4 is 4.73 Å². The second-order valence-electron chi connectivity index (χ2n) is 1.08. The van der Waals surface area contributed by atoms with Gasteiger partial charge in [0.05, 0.1) is 7.76 Å². The molecular weight excluding hydrogens is 126 g/mol. The predicted octanol–water partition coefficient (Wildman–Crippen LogP) is 0.973. The highest BCUT2D eigenvalue weighted by Gasteiger charge is 1.85. The fourth-order valence-electron chi connectivity index (χ4n) is 0.259. The Morgan fingerprint density at radius 1 is 1.62 bits per heavy atom. The van der Waals surface area contributed by atoms with E-state index in [1.165, 1.54) is 0 Å². The molecule has 0 amide bonds. The van der Waals surface area contributed by atoms with E-state index in [1.54, 1.807) is 0 Å². The third-order valence-electron chi connectivity index (χ3n) is 0.534. The Hall–Kier alpha value is -0.760. The number of pyridine rings is 1. The first-order valence-electron chi connectivity index (χ1n) is 3.82. The summed E-state index contributed by atoms with van der Waals surface area (Å²) in [5, 5.41) is 10.5. The van der Waals surface area contributed by atoms with E-state index in [1.807, 2.05) is 0 Å². The summed E-state index contributed by atoms with van der Waals surface area (Å²) in [5.41, 5.74) is 0. The van der Waals surface area contributed by atoms with Crippen molar-refractivity contribution in [3.63, 3.8) is 0 Å². The van der Waals surface area contributed by atoms with Gasteiger partial charge in [0, 0.05) is 12.1 Å². The van der Waals surface area contributed by atoms with Crippen molar-refractivity contribution in [1.82, 2.24) is 0 Å². The van der Waals surface area contributed by atoms with Crippen LogP contribution in [-0.4, -0.2) is 0 Å². The lowest BCUT2D eigenvalue weighted by atomic mass is 10.5. The van der Waals surface area contributed by atoms with Gasteiger partial charge in [0.25, 0.3) is 0 Å². The maximum atomic E-state index is 10.8. The van der Waals surface area contributed by atoms with Crippen LogP contribution in [0.25, 0.3) is 0 Å². The van der Waals surface area contributed by atoms with Gasteiger partial charge in [-0.2, -0.15) is 4.73 Å². The van der Waals surface area contributed by atoms with Gasteiger partial charge in [-0.3, -0.25) is 0 Å². The third-order valence-corrected chi connectivity index (χ3v) is 0.723. The minimum Gasteiger partial charge on any atom is -0.619 e. The summed E-state index contributed by atoms with van der Waals surface area (Å²) >= 11 is 5.39. The molecule has 42 valence electrons. The molecule has 0 saturated heterocycles. The number of aromatic nitrogens is 1. The Morgan fingerprint density at radius 2 is 2.12 bits per heavy atom. The van der Waals surface area contributed by atoms with Gasteiger partial charge in [-0.05, 0) is 0 Å². The van der Waals surface area contributed by atoms with Crippen LogP contribution in [0.4, 0.5) is 0 Å². The van der Waals surface area contributed by atoms with Crippen LogP contribution in [0.2, 0.25) is 5.02 Å². The quantitative estimate of drug-likeness (QED) is 0.383. The highest BCUT2D eigenvalue weighted by Crippen LogP contribution is 2.00. The fourth-order valence-corrected chi connectivity index (χ4v) is 0.343. The second kappa shape index (κ2) is 2.01. The molecule has 0 fully saturated rings. The summed E-state index contributed by atoms with van der Waals surface area (Å²) in [6.45, 7) is 0. The molecule has 2 nitrogen and oxygen atoms in total. The summed E-state index contributed by atoms with van der Waals surface area (Å²) in [4.78, 5) is 0. The molecule has 0 atom stereocenters. The van der Waals surface area contributed by atoms with Gasteiger partial charge in [-0.25, -0.2) is 0 Å². The lowest BCUT2D eigenvalue weighted by Crippen LogP contribution is -2.23. The molecule has 0 N–H and O–H groups in total. The van der Waals surface area contributed by atoms with Gasteiger partial charge in [-0.1, -0.05) is 11.6 Å². The molecule has 1 heterocycles. The Labute approximate surface area is 57.5 Å². The van der Waals surface area contributed by atoms with Crippen molar-refractivity contribution in [1.29, 1.82) is 0 Å². The molecule has 0 aromatic carbocycles. The van der Waals surface area contributed by atoms with Gasteiger partial charge < -0.3 is 5.21 Å². The summed E-state index contributed by atoms with van der Waals surface area (Å²) in [6.07, 6.45) is -1.41. The zero-order valence-electron chi connectivity index (χ0n) is 7.73. The van der Waals surface area contributed by atoms with Gasteiger partial charge in [-0.15, -0.1) is 0 Å². The lowest BCUT2D eigenvalue weighted by molar-refractivity contribution is -0.605. The standard InChI is InChI=1S/C5H4ClNO/c6-5-1-3-7(8)4-2-5/h1-4H/i1D,2D,3D,4D. The van der Waals surface area contributed by atoms with Crippen LogP contribution in [0.15, 0.2) is 24.4 Å². The van der Waals surface area contributed by atoms with E-state index in [0.29, 0.717) is 0 Å². The maximum Gasteiger partial charge on any atom is 0.181 e. The molecule has 1 aromatic rings. The minimum absolute atomic E-state index is 0.115. The number of halogens is 1. The van der Waals surface area contributed by atoms with Crippen LogP contribution in [0.5, 0.6) is 0 Å². The minimum atomic E-state index is -0.707. The topological polar surface area (TPSA) is 26.9 Å². The van der Waals surface area contributed by atoms with E-state index in [0.717, 1.165) is 0 Å².